The summed E-state index contributed by atoms with van der Waals surface area (Å²) in [6.07, 6.45) is 0. The van der Waals surface area contributed by atoms with Crippen molar-refractivity contribution in [2.24, 2.45) is 5.73 Å². The number of phenols is 1. The van der Waals surface area contributed by atoms with Crippen molar-refractivity contribution in [1.29, 1.82) is 0 Å². The van der Waals surface area contributed by atoms with Gasteiger partial charge in [-0.1, -0.05) is 5.16 Å². The van der Waals surface area contributed by atoms with Crippen LogP contribution in [0.3, 0.4) is 0 Å². The van der Waals surface area contributed by atoms with E-state index in [4.69, 9.17) is 15.4 Å². The van der Waals surface area contributed by atoms with Crippen LogP contribution in [0.15, 0.2) is 22.7 Å². The van der Waals surface area contributed by atoms with Crippen LogP contribution in [0, 0.1) is 5.82 Å². The van der Waals surface area contributed by atoms with Crippen molar-refractivity contribution in [2.75, 3.05) is 0 Å². The first kappa shape index (κ1) is 10.6. The minimum atomic E-state index is -0.732. The van der Waals surface area contributed by atoms with Gasteiger partial charge in [0.2, 0.25) is 11.7 Å². The fourth-order valence-electron chi connectivity index (χ4n) is 1.18. The molecule has 0 aliphatic carbocycles. The molecule has 1 aromatic carbocycles. The third kappa shape index (κ3) is 1.87. The van der Waals surface area contributed by atoms with Crippen LogP contribution >= 0.6 is 0 Å². The van der Waals surface area contributed by atoms with Gasteiger partial charge in [-0.05, 0) is 25.1 Å². The summed E-state index contributed by atoms with van der Waals surface area (Å²) < 4.78 is 17.9. The third-order valence-electron chi connectivity index (χ3n) is 2.04. The highest BCUT2D eigenvalue weighted by Crippen LogP contribution is 2.23. The fourth-order valence-corrected chi connectivity index (χ4v) is 1.18. The van der Waals surface area contributed by atoms with E-state index in [0.29, 0.717) is 5.56 Å². The van der Waals surface area contributed by atoms with Gasteiger partial charge in [-0.2, -0.15) is 4.98 Å². The van der Waals surface area contributed by atoms with Gasteiger partial charge in [-0.3, -0.25) is 0 Å². The summed E-state index contributed by atoms with van der Waals surface area (Å²) in [5.41, 5.74) is 5.97. The van der Waals surface area contributed by atoms with Gasteiger partial charge in [0.05, 0.1) is 6.04 Å². The van der Waals surface area contributed by atoms with E-state index in [9.17, 15) is 4.39 Å². The van der Waals surface area contributed by atoms with Gasteiger partial charge in [0, 0.05) is 5.56 Å². The molecule has 1 atom stereocenters. The molecule has 2 rings (SSSR count). The van der Waals surface area contributed by atoms with E-state index in [1.165, 1.54) is 12.1 Å². The van der Waals surface area contributed by atoms with Crippen LogP contribution in [0.2, 0.25) is 0 Å². The predicted octanol–water partition coefficient (Wildman–Crippen LogP) is 1.60. The molecule has 0 radical (unpaired) electrons. The highest BCUT2D eigenvalue weighted by molar-refractivity contribution is 5.55. The quantitative estimate of drug-likeness (QED) is 0.807. The van der Waals surface area contributed by atoms with Gasteiger partial charge in [0.15, 0.2) is 11.6 Å². The Labute approximate surface area is 90.7 Å². The second-order valence-corrected chi connectivity index (χ2v) is 3.41. The summed E-state index contributed by atoms with van der Waals surface area (Å²) in [6.45, 7) is 1.70. The second kappa shape index (κ2) is 3.90. The van der Waals surface area contributed by atoms with Crippen LogP contribution in [0.25, 0.3) is 11.4 Å². The van der Waals surface area contributed by atoms with Crippen LogP contribution in [-0.4, -0.2) is 15.2 Å². The summed E-state index contributed by atoms with van der Waals surface area (Å²) in [7, 11) is 0. The Balaban J connectivity index is 2.39. The minimum absolute atomic E-state index is 0.242. The first-order chi connectivity index (χ1) is 7.58. The highest BCUT2D eigenvalue weighted by Gasteiger charge is 2.13. The van der Waals surface area contributed by atoms with Crippen LogP contribution in [0.1, 0.15) is 18.9 Å². The lowest BCUT2D eigenvalue weighted by Crippen LogP contribution is -2.04. The van der Waals surface area contributed by atoms with E-state index in [-0.39, 0.29) is 17.8 Å². The maximum Gasteiger partial charge on any atom is 0.243 e. The summed E-state index contributed by atoms with van der Waals surface area (Å²) in [6, 6.07) is 3.48. The second-order valence-electron chi connectivity index (χ2n) is 3.41. The lowest BCUT2D eigenvalue weighted by atomic mass is 10.2. The molecule has 5 nitrogen and oxygen atoms in total. The van der Waals surface area contributed by atoms with Gasteiger partial charge >= 0.3 is 0 Å². The van der Waals surface area contributed by atoms with Crippen LogP contribution in [0.4, 0.5) is 4.39 Å². The van der Waals surface area contributed by atoms with E-state index < -0.39 is 11.6 Å². The monoisotopic (exact) mass is 223 g/mol. The first-order valence-corrected chi connectivity index (χ1v) is 4.66. The lowest BCUT2D eigenvalue weighted by Gasteiger charge is -1.97. The molecule has 16 heavy (non-hydrogen) atoms. The van der Waals surface area contributed by atoms with E-state index in [2.05, 4.69) is 10.1 Å². The van der Waals surface area contributed by atoms with Crippen molar-refractivity contribution in [1.82, 2.24) is 10.1 Å². The summed E-state index contributed by atoms with van der Waals surface area (Å²) in [5, 5.41) is 12.7. The SMILES string of the molecule is C[C@H](N)c1nc(-c2ccc(O)c(F)c2)no1. The normalized spacial score (nSPS) is 12.7. The zero-order chi connectivity index (χ0) is 11.7. The molecular weight excluding hydrogens is 213 g/mol. The van der Waals surface area contributed by atoms with Crippen molar-refractivity contribution in [3.8, 4) is 17.1 Å². The van der Waals surface area contributed by atoms with E-state index >= 15 is 0 Å². The maximum absolute atomic E-state index is 13.1. The average molecular weight is 223 g/mol. The molecule has 6 heteroatoms. The highest BCUT2D eigenvalue weighted by atomic mass is 19.1. The zero-order valence-corrected chi connectivity index (χ0v) is 8.51. The number of hydrogen-bond donors (Lipinski definition) is 2. The molecule has 0 spiro atoms. The maximum atomic E-state index is 13.1. The summed E-state index contributed by atoms with van der Waals surface area (Å²) in [5.74, 6) is -0.626. The van der Waals surface area contributed by atoms with E-state index in [1.807, 2.05) is 0 Å². The standard InChI is InChI=1S/C10H10FN3O2/c1-5(12)10-13-9(14-16-10)6-2-3-8(15)7(11)4-6/h2-5,15H,12H2,1H3/t5-/m0/s1. The molecule has 0 saturated heterocycles. The number of phenolic OH excluding ortho intramolecular Hbond substituents is 1. The van der Waals surface area contributed by atoms with Crippen molar-refractivity contribution < 1.29 is 14.0 Å². The summed E-state index contributed by atoms with van der Waals surface area (Å²) in [4.78, 5) is 4.00. The molecule has 0 aliphatic rings. The Bertz CT molecular complexity index is 511. The van der Waals surface area contributed by atoms with Gasteiger partial charge in [-0.25, -0.2) is 4.39 Å². The smallest absolute Gasteiger partial charge is 0.243 e. The van der Waals surface area contributed by atoms with Gasteiger partial charge in [-0.15, -0.1) is 0 Å². The number of hydrogen-bond acceptors (Lipinski definition) is 5. The molecule has 3 N–H and O–H groups in total. The Hall–Kier alpha value is -1.95. The van der Waals surface area contributed by atoms with Gasteiger partial charge < -0.3 is 15.4 Å². The molecule has 0 amide bonds. The molecule has 0 saturated carbocycles. The third-order valence-corrected chi connectivity index (χ3v) is 2.04. The number of nitrogens with two attached hydrogens (primary N) is 1. The molecule has 0 unspecified atom stereocenters. The topological polar surface area (TPSA) is 85.2 Å². The molecule has 0 fully saturated rings. The predicted molar refractivity (Wildman–Crippen MR) is 54.0 cm³/mol. The summed E-state index contributed by atoms with van der Waals surface area (Å²) >= 11 is 0. The van der Waals surface area contributed by atoms with Gasteiger partial charge in [0.25, 0.3) is 0 Å². The van der Waals surface area contributed by atoms with Crippen LogP contribution in [0.5, 0.6) is 5.75 Å². The number of aromatic nitrogens is 2. The number of benzene rings is 1. The molecule has 1 aromatic heterocycles. The van der Waals surface area contributed by atoms with Crippen molar-refractivity contribution in [3.63, 3.8) is 0 Å². The number of aromatic hydroxyl groups is 1. The molecule has 0 bridgehead atoms. The molecular formula is C10H10FN3O2. The Morgan fingerprint density at radius 3 is 2.81 bits per heavy atom. The molecule has 2 aromatic rings. The lowest BCUT2D eigenvalue weighted by molar-refractivity contribution is 0.362. The average Bonchev–Trinajstić information content (AvgIpc) is 2.71. The van der Waals surface area contributed by atoms with E-state index in [1.54, 1.807) is 6.92 Å². The number of rotatable bonds is 2. The molecule has 84 valence electrons. The number of halogens is 1. The Morgan fingerprint density at radius 1 is 1.50 bits per heavy atom. The molecule has 0 aliphatic heterocycles. The zero-order valence-electron chi connectivity index (χ0n) is 8.51. The molecule has 1 heterocycles. The van der Waals surface area contributed by atoms with E-state index in [0.717, 1.165) is 6.07 Å². The van der Waals surface area contributed by atoms with Crippen molar-refractivity contribution >= 4 is 0 Å². The van der Waals surface area contributed by atoms with Gasteiger partial charge in [0.1, 0.15) is 0 Å². The Morgan fingerprint density at radius 2 is 2.25 bits per heavy atom. The first-order valence-electron chi connectivity index (χ1n) is 4.66. The minimum Gasteiger partial charge on any atom is -0.505 e. The van der Waals surface area contributed by atoms with Crippen molar-refractivity contribution in [2.45, 2.75) is 13.0 Å². The fraction of sp³-hybridized carbons (Fsp3) is 0.200. The van der Waals surface area contributed by atoms with Crippen LogP contribution in [-0.2, 0) is 0 Å². The number of nitrogens with zero attached hydrogens (tertiary/aromatic N) is 2. The van der Waals surface area contributed by atoms with Crippen LogP contribution < -0.4 is 5.73 Å². The largest absolute Gasteiger partial charge is 0.505 e. The van der Waals surface area contributed by atoms with Crippen molar-refractivity contribution in [3.05, 3.63) is 29.9 Å². The Kier molecular flexibility index (Phi) is 2.57.